The summed E-state index contributed by atoms with van der Waals surface area (Å²) in [6, 6.07) is 19.9. The Morgan fingerprint density at radius 1 is 1.03 bits per heavy atom. The molecular formula is C28H30N4O3. The van der Waals surface area contributed by atoms with Gasteiger partial charge in [0.05, 0.1) is 26.1 Å². The number of benzene rings is 2. The largest absolute Gasteiger partial charge is 0.497 e. The van der Waals surface area contributed by atoms with E-state index in [1.165, 1.54) is 23.4 Å². The molecule has 1 atom stereocenters. The molecule has 2 aromatic carbocycles. The zero-order chi connectivity index (χ0) is 24.2. The molecule has 180 valence electrons. The highest BCUT2D eigenvalue weighted by molar-refractivity contribution is 5.84. The van der Waals surface area contributed by atoms with Crippen LogP contribution in [0.25, 0.3) is 0 Å². The van der Waals surface area contributed by atoms with E-state index in [0.717, 1.165) is 22.4 Å². The van der Waals surface area contributed by atoms with Crippen molar-refractivity contribution in [2.75, 3.05) is 20.2 Å². The van der Waals surface area contributed by atoms with Gasteiger partial charge in [-0.2, -0.15) is 0 Å². The highest BCUT2D eigenvalue weighted by atomic mass is 16.5. The van der Waals surface area contributed by atoms with Gasteiger partial charge in [-0.3, -0.25) is 15.2 Å². The zero-order valence-corrected chi connectivity index (χ0v) is 19.9. The molecule has 1 aliphatic heterocycles. The fourth-order valence-corrected chi connectivity index (χ4v) is 4.60. The number of hydrogen-bond donors (Lipinski definition) is 1. The molecule has 35 heavy (non-hydrogen) atoms. The van der Waals surface area contributed by atoms with Gasteiger partial charge in [0.1, 0.15) is 5.75 Å². The van der Waals surface area contributed by atoms with E-state index in [4.69, 9.17) is 4.74 Å². The standard InChI is InChI=1S/C28H30N4O3/c1-35-25-12-4-20(5-13-25)14-16-31-26(24-10-8-23(9-11-24)22-6-7-22)19-32(28(31)34)30-27(33)17-21-3-2-15-29-18-21/h2-5,8-13,15,18,22,26H,6-7,14,16-17,19H2,1H3,(H,30,33). The molecule has 3 amide bonds. The number of urea groups is 1. The number of hydrazine groups is 1. The Bertz CT molecular complexity index is 1160. The molecule has 2 fully saturated rings. The van der Waals surface area contributed by atoms with Gasteiger partial charge in [0.2, 0.25) is 5.91 Å². The van der Waals surface area contributed by atoms with Crippen molar-refractivity contribution in [2.24, 2.45) is 0 Å². The fraction of sp³-hybridized carbons (Fsp3) is 0.321. The van der Waals surface area contributed by atoms with Gasteiger partial charge in [0.25, 0.3) is 0 Å². The van der Waals surface area contributed by atoms with Crippen LogP contribution in [0.5, 0.6) is 5.75 Å². The number of amides is 3. The molecular weight excluding hydrogens is 440 g/mol. The smallest absolute Gasteiger partial charge is 0.339 e. The lowest BCUT2D eigenvalue weighted by atomic mass is 10.0. The monoisotopic (exact) mass is 470 g/mol. The summed E-state index contributed by atoms with van der Waals surface area (Å²) < 4.78 is 5.25. The summed E-state index contributed by atoms with van der Waals surface area (Å²) in [5, 5.41) is 1.45. The van der Waals surface area contributed by atoms with E-state index in [2.05, 4.69) is 34.7 Å². The van der Waals surface area contributed by atoms with Crippen LogP contribution in [0, 0.1) is 0 Å². The SMILES string of the molecule is COc1ccc(CCN2C(=O)N(NC(=O)Cc3cccnc3)CC2c2ccc(C3CC3)cc2)cc1. The van der Waals surface area contributed by atoms with Gasteiger partial charge in [0.15, 0.2) is 0 Å². The van der Waals surface area contributed by atoms with Crippen molar-refractivity contribution in [3.8, 4) is 5.75 Å². The topological polar surface area (TPSA) is 74.8 Å². The predicted octanol–water partition coefficient (Wildman–Crippen LogP) is 4.26. The minimum Gasteiger partial charge on any atom is -0.497 e. The van der Waals surface area contributed by atoms with Crippen LogP contribution in [-0.2, 0) is 17.6 Å². The van der Waals surface area contributed by atoms with E-state index in [9.17, 15) is 9.59 Å². The Morgan fingerprint density at radius 2 is 1.77 bits per heavy atom. The minimum atomic E-state index is -0.230. The molecule has 0 spiro atoms. The van der Waals surface area contributed by atoms with Crippen molar-refractivity contribution in [1.82, 2.24) is 20.3 Å². The second-order valence-electron chi connectivity index (χ2n) is 9.21. The molecule has 1 saturated carbocycles. The van der Waals surface area contributed by atoms with Crippen LogP contribution >= 0.6 is 0 Å². The number of methoxy groups -OCH3 is 1. The van der Waals surface area contributed by atoms with Crippen molar-refractivity contribution in [2.45, 2.75) is 37.6 Å². The van der Waals surface area contributed by atoms with Crippen LogP contribution in [0.1, 0.15) is 47.1 Å². The Hall–Kier alpha value is -3.87. The van der Waals surface area contributed by atoms with Crippen molar-refractivity contribution < 1.29 is 14.3 Å². The van der Waals surface area contributed by atoms with Crippen molar-refractivity contribution in [1.29, 1.82) is 0 Å². The molecule has 0 bridgehead atoms. The van der Waals surface area contributed by atoms with Crippen LogP contribution in [0.4, 0.5) is 4.79 Å². The van der Waals surface area contributed by atoms with Crippen LogP contribution < -0.4 is 10.2 Å². The maximum Gasteiger partial charge on any atom is 0.339 e. The van der Waals surface area contributed by atoms with E-state index in [0.29, 0.717) is 25.4 Å². The Morgan fingerprint density at radius 3 is 2.43 bits per heavy atom. The third kappa shape index (κ3) is 5.45. The van der Waals surface area contributed by atoms with Gasteiger partial charge in [-0.1, -0.05) is 42.5 Å². The number of aromatic nitrogens is 1. The quantitative estimate of drug-likeness (QED) is 0.507. The van der Waals surface area contributed by atoms with Gasteiger partial charge < -0.3 is 9.64 Å². The third-order valence-electron chi connectivity index (χ3n) is 6.73. The van der Waals surface area contributed by atoms with Gasteiger partial charge in [0, 0.05) is 18.9 Å². The van der Waals surface area contributed by atoms with E-state index in [1.54, 1.807) is 25.6 Å². The summed E-state index contributed by atoms with van der Waals surface area (Å²) in [6.07, 6.45) is 6.73. The average Bonchev–Trinajstić information content (AvgIpc) is 3.69. The zero-order valence-electron chi connectivity index (χ0n) is 19.9. The van der Waals surface area contributed by atoms with Crippen LogP contribution in [0.2, 0.25) is 0 Å². The summed E-state index contributed by atoms with van der Waals surface area (Å²) in [5.74, 6) is 1.26. The first-order valence-electron chi connectivity index (χ1n) is 12.1. The Kier molecular flexibility index (Phi) is 6.66. The van der Waals surface area contributed by atoms with Gasteiger partial charge in [-0.15, -0.1) is 0 Å². The normalized spacial score (nSPS) is 17.5. The lowest BCUT2D eigenvalue weighted by molar-refractivity contribution is -0.123. The number of carbonyl (C=O) groups excluding carboxylic acids is 2. The molecule has 3 aromatic rings. The summed E-state index contributed by atoms with van der Waals surface area (Å²) in [5.41, 5.74) is 7.20. The molecule has 1 aliphatic carbocycles. The number of carbonyl (C=O) groups is 2. The molecule has 1 N–H and O–H groups in total. The number of nitrogens with one attached hydrogen (secondary N) is 1. The fourth-order valence-electron chi connectivity index (χ4n) is 4.60. The number of nitrogens with zero attached hydrogens (tertiary/aromatic N) is 3. The highest BCUT2D eigenvalue weighted by Gasteiger charge is 2.39. The third-order valence-corrected chi connectivity index (χ3v) is 6.73. The maximum absolute atomic E-state index is 13.4. The number of hydrogen-bond acceptors (Lipinski definition) is 4. The first kappa shape index (κ1) is 22.9. The van der Waals surface area contributed by atoms with E-state index < -0.39 is 0 Å². The van der Waals surface area contributed by atoms with E-state index >= 15 is 0 Å². The number of pyridine rings is 1. The van der Waals surface area contributed by atoms with E-state index in [1.807, 2.05) is 35.2 Å². The summed E-state index contributed by atoms with van der Waals surface area (Å²) in [7, 11) is 1.65. The van der Waals surface area contributed by atoms with Crippen LogP contribution in [-0.4, -0.2) is 47.0 Å². The molecule has 7 heteroatoms. The highest BCUT2D eigenvalue weighted by Crippen LogP contribution is 2.40. The molecule has 5 rings (SSSR count). The summed E-state index contributed by atoms with van der Waals surface area (Å²) in [4.78, 5) is 32.0. The van der Waals surface area contributed by atoms with Gasteiger partial charge >= 0.3 is 6.03 Å². The number of ether oxygens (including phenoxy) is 1. The Labute approximate surface area is 205 Å². The second kappa shape index (κ2) is 10.2. The molecule has 7 nitrogen and oxygen atoms in total. The molecule has 0 radical (unpaired) electrons. The van der Waals surface area contributed by atoms with E-state index in [-0.39, 0.29) is 24.4 Å². The summed E-state index contributed by atoms with van der Waals surface area (Å²) >= 11 is 0. The molecule has 1 aromatic heterocycles. The first-order valence-corrected chi connectivity index (χ1v) is 12.1. The molecule has 1 unspecified atom stereocenters. The van der Waals surface area contributed by atoms with Crippen molar-refractivity contribution >= 4 is 11.9 Å². The molecule has 1 saturated heterocycles. The Balaban J connectivity index is 1.30. The van der Waals surface area contributed by atoms with Gasteiger partial charge in [-0.25, -0.2) is 9.80 Å². The maximum atomic E-state index is 13.4. The van der Waals surface area contributed by atoms with Gasteiger partial charge in [-0.05, 0) is 65.6 Å². The van der Waals surface area contributed by atoms with Crippen molar-refractivity contribution in [3.05, 3.63) is 95.3 Å². The minimum absolute atomic E-state index is 0.132. The van der Waals surface area contributed by atoms with Crippen LogP contribution in [0.3, 0.4) is 0 Å². The van der Waals surface area contributed by atoms with Crippen LogP contribution in [0.15, 0.2) is 73.1 Å². The van der Waals surface area contributed by atoms with Crippen molar-refractivity contribution in [3.63, 3.8) is 0 Å². The lowest BCUT2D eigenvalue weighted by Crippen LogP contribution is -2.45. The summed E-state index contributed by atoms with van der Waals surface area (Å²) in [6.45, 7) is 0.957. The second-order valence-corrected chi connectivity index (χ2v) is 9.21. The average molecular weight is 471 g/mol. The molecule has 2 aliphatic rings. The number of rotatable bonds is 9. The lowest BCUT2D eigenvalue weighted by Gasteiger charge is -2.23. The molecule has 2 heterocycles. The first-order chi connectivity index (χ1) is 17.1. The predicted molar refractivity (Wildman–Crippen MR) is 133 cm³/mol.